The highest BCUT2D eigenvalue weighted by atomic mass is 28.4. The van der Waals surface area contributed by atoms with Crippen molar-refractivity contribution in [3.63, 3.8) is 0 Å². The second kappa shape index (κ2) is 6.16. The lowest BCUT2D eigenvalue weighted by Gasteiger charge is -2.26. The van der Waals surface area contributed by atoms with Gasteiger partial charge in [-0.2, -0.15) is 0 Å². The first kappa shape index (κ1) is 14.7. The van der Waals surface area contributed by atoms with Crippen LogP contribution >= 0.6 is 0 Å². The average molecular weight is 284 g/mol. The summed E-state index contributed by atoms with van der Waals surface area (Å²) in [4.78, 5) is 12.7. The van der Waals surface area contributed by atoms with Crippen molar-refractivity contribution >= 4 is 14.1 Å². The Balaban J connectivity index is 2.35. The van der Waals surface area contributed by atoms with Gasteiger partial charge < -0.3 is 4.43 Å². The lowest BCUT2D eigenvalue weighted by molar-refractivity contribution is 0.0779. The molecule has 2 aromatic rings. The van der Waals surface area contributed by atoms with Gasteiger partial charge in [0, 0.05) is 5.56 Å². The van der Waals surface area contributed by atoms with E-state index >= 15 is 0 Å². The van der Waals surface area contributed by atoms with Crippen LogP contribution in [0.4, 0.5) is 0 Å². The van der Waals surface area contributed by atoms with Crippen LogP contribution in [-0.4, -0.2) is 14.1 Å². The molecule has 0 radical (unpaired) electrons. The summed E-state index contributed by atoms with van der Waals surface area (Å²) in [6, 6.07) is 19.1. The molecule has 0 aliphatic heterocycles. The van der Waals surface area contributed by atoms with Crippen LogP contribution in [-0.2, 0) is 4.43 Å². The Kier molecular flexibility index (Phi) is 4.52. The topological polar surface area (TPSA) is 26.3 Å². The highest BCUT2D eigenvalue weighted by Crippen LogP contribution is 2.26. The molecule has 0 amide bonds. The number of benzene rings is 2. The number of hydrogen-bond acceptors (Lipinski definition) is 2. The van der Waals surface area contributed by atoms with Crippen molar-refractivity contribution in [1.29, 1.82) is 0 Å². The van der Waals surface area contributed by atoms with Crippen molar-refractivity contribution in [2.24, 2.45) is 0 Å². The maximum absolute atomic E-state index is 12.7. The molecule has 104 valence electrons. The zero-order valence-corrected chi connectivity index (χ0v) is 13.2. The van der Waals surface area contributed by atoms with Gasteiger partial charge in [0.15, 0.2) is 14.1 Å². The lowest BCUT2D eigenvalue weighted by atomic mass is 10.0. The molecular formula is C17H20O2Si. The number of Topliss-reactive ketones (excluding diaryl/α,β-unsaturated/α-hetero) is 1. The molecule has 1 atom stereocenters. The monoisotopic (exact) mass is 284 g/mol. The number of hydrogen-bond donors (Lipinski definition) is 0. The van der Waals surface area contributed by atoms with Crippen molar-refractivity contribution in [2.75, 3.05) is 0 Å². The minimum absolute atomic E-state index is 0.0271. The van der Waals surface area contributed by atoms with E-state index in [-0.39, 0.29) is 5.78 Å². The van der Waals surface area contributed by atoms with Gasteiger partial charge in [-0.15, -0.1) is 0 Å². The SMILES string of the molecule is C[Si](C)(C)OC(C(=O)c1ccccc1)c1ccccc1. The molecule has 0 heterocycles. The highest BCUT2D eigenvalue weighted by molar-refractivity contribution is 6.69. The molecule has 1 unspecified atom stereocenters. The second-order valence-electron chi connectivity index (χ2n) is 5.75. The third-order valence-corrected chi connectivity index (χ3v) is 3.81. The van der Waals surface area contributed by atoms with Crippen LogP contribution in [0, 0.1) is 0 Å². The smallest absolute Gasteiger partial charge is 0.194 e. The molecule has 0 N–H and O–H groups in total. The van der Waals surface area contributed by atoms with Gasteiger partial charge in [0.25, 0.3) is 0 Å². The van der Waals surface area contributed by atoms with E-state index in [0.717, 1.165) is 5.56 Å². The second-order valence-corrected chi connectivity index (χ2v) is 10.2. The molecule has 0 fully saturated rings. The zero-order chi connectivity index (χ0) is 14.6. The Labute approximate surface area is 121 Å². The molecule has 0 aromatic heterocycles. The molecule has 0 spiro atoms. The quantitative estimate of drug-likeness (QED) is 0.598. The van der Waals surface area contributed by atoms with Crippen LogP contribution in [0.1, 0.15) is 22.0 Å². The van der Waals surface area contributed by atoms with E-state index in [1.807, 2.05) is 60.7 Å². The van der Waals surface area contributed by atoms with Crippen LogP contribution in [0.5, 0.6) is 0 Å². The van der Waals surface area contributed by atoms with Crippen LogP contribution in [0.2, 0.25) is 19.6 Å². The number of rotatable bonds is 5. The third kappa shape index (κ3) is 3.89. The van der Waals surface area contributed by atoms with Crippen molar-refractivity contribution in [3.05, 3.63) is 71.8 Å². The molecule has 0 saturated carbocycles. The van der Waals surface area contributed by atoms with Gasteiger partial charge >= 0.3 is 0 Å². The van der Waals surface area contributed by atoms with Crippen LogP contribution in [0.3, 0.4) is 0 Å². The highest BCUT2D eigenvalue weighted by Gasteiger charge is 2.28. The Morgan fingerprint density at radius 2 is 1.40 bits per heavy atom. The van der Waals surface area contributed by atoms with E-state index in [2.05, 4.69) is 19.6 Å². The number of carbonyl (C=O) groups excluding carboxylic acids is 1. The van der Waals surface area contributed by atoms with Gasteiger partial charge in [0.2, 0.25) is 0 Å². The first-order valence-electron chi connectivity index (χ1n) is 6.79. The number of carbonyl (C=O) groups is 1. The van der Waals surface area contributed by atoms with E-state index in [4.69, 9.17) is 4.43 Å². The van der Waals surface area contributed by atoms with Crippen molar-refractivity contribution in [1.82, 2.24) is 0 Å². The summed E-state index contributed by atoms with van der Waals surface area (Å²) in [5.41, 5.74) is 1.61. The maximum atomic E-state index is 12.7. The fourth-order valence-corrected chi connectivity index (χ4v) is 2.96. The van der Waals surface area contributed by atoms with E-state index in [1.54, 1.807) is 0 Å². The summed E-state index contributed by atoms with van der Waals surface area (Å²) >= 11 is 0. The summed E-state index contributed by atoms with van der Waals surface area (Å²) in [6.07, 6.45) is -0.509. The fourth-order valence-electron chi connectivity index (χ4n) is 2.01. The molecule has 2 aromatic carbocycles. The van der Waals surface area contributed by atoms with Gasteiger partial charge in [0.1, 0.15) is 6.10 Å². The summed E-state index contributed by atoms with van der Waals surface area (Å²) in [5, 5.41) is 0. The molecule has 3 heteroatoms. The molecule has 0 saturated heterocycles. The molecular weight excluding hydrogens is 264 g/mol. The van der Waals surface area contributed by atoms with Gasteiger partial charge in [-0.3, -0.25) is 4.79 Å². The van der Waals surface area contributed by atoms with Crippen LogP contribution in [0.25, 0.3) is 0 Å². The summed E-state index contributed by atoms with van der Waals surface area (Å²) in [5.74, 6) is 0.0271. The molecule has 20 heavy (non-hydrogen) atoms. The minimum atomic E-state index is -1.82. The van der Waals surface area contributed by atoms with Crippen LogP contribution in [0.15, 0.2) is 60.7 Å². The normalized spacial score (nSPS) is 12.9. The maximum Gasteiger partial charge on any atom is 0.194 e. The number of ketones is 1. The van der Waals surface area contributed by atoms with E-state index in [1.165, 1.54) is 0 Å². The molecule has 2 nitrogen and oxygen atoms in total. The molecule has 0 aliphatic carbocycles. The average Bonchev–Trinajstić information content (AvgIpc) is 2.45. The summed E-state index contributed by atoms with van der Waals surface area (Å²) in [7, 11) is -1.82. The predicted octanol–water partition coefficient (Wildman–Crippen LogP) is 4.46. The van der Waals surface area contributed by atoms with E-state index < -0.39 is 14.4 Å². The third-order valence-electron chi connectivity index (χ3n) is 2.87. The summed E-state index contributed by atoms with van der Waals surface area (Å²) in [6.45, 7) is 6.30. The van der Waals surface area contributed by atoms with Gasteiger partial charge in [-0.1, -0.05) is 60.7 Å². The fraction of sp³-hybridized carbons (Fsp3) is 0.235. The Morgan fingerprint density at radius 3 is 1.90 bits per heavy atom. The molecule has 0 bridgehead atoms. The largest absolute Gasteiger partial charge is 0.403 e. The van der Waals surface area contributed by atoms with Gasteiger partial charge in [-0.05, 0) is 25.2 Å². The summed E-state index contributed by atoms with van der Waals surface area (Å²) < 4.78 is 6.13. The first-order valence-corrected chi connectivity index (χ1v) is 10.2. The predicted molar refractivity (Wildman–Crippen MR) is 84.4 cm³/mol. The minimum Gasteiger partial charge on any atom is -0.403 e. The van der Waals surface area contributed by atoms with Crippen molar-refractivity contribution in [2.45, 2.75) is 25.7 Å². The Hall–Kier alpha value is -1.71. The van der Waals surface area contributed by atoms with Crippen LogP contribution < -0.4 is 0 Å². The Bertz CT molecular complexity index is 559. The van der Waals surface area contributed by atoms with Gasteiger partial charge in [-0.25, -0.2) is 0 Å². The van der Waals surface area contributed by atoms with Crippen molar-refractivity contribution in [3.8, 4) is 0 Å². The lowest BCUT2D eigenvalue weighted by Crippen LogP contribution is -2.31. The van der Waals surface area contributed by atoms with E-state index in [0.29, 0.717) is 5.56 Å². The zero-order valence-electron chi connectivity index (χ0n) is 12.2. The Morgan fingerprint density at radius 1 is 0.900 bits per heavy atom. The standard InChI is InChI=1S/C17H20O2Si/c1-20(2,3)19-17(15-12-8-5-9-13-15)16(18)14-10-6-4-7-11-14/h4-13,17H,1-3H3. The van der Waals surface area contributed by atoms with Crippen molar-refractivity contribution < 1.29 is 9.22 Å². The van der Waals surface area contributed by atoms with Gasteiger partial charge in [0.05, 0.1) is 0 Å². The first-order chi connectivity index (χ1) is 9.47. The van der Waals surface area contributed by atoms with E-state index in [9.17, 15) is 4.79 Å². The molecule has 2 rings (SSSR count). The molecule has 0 aliphatic rings.